The molecule has 0 aliphatic carbocycles. The summed E-state index contributed by atoms with van der Waals surface area (Å²) in [5.74, 6) is 0. The lowest BCUT2D eigenvalue weighted by molar-refractivity contribution is 0.163. The van der Waals surface area contributed by atoms with Crippen LogP contribution in [0.4, 0.5) is 0 Å². The number of hydrogen-bond donors (Lipinski definition) is 1. The molecule has 5 nitrogen and oxygen atoms in total. The van der Waals surface area contributed by atoms with Crippen molar-refractivity contribution in [2.24, 2.45) is 5.73 Å². The fourth-order valence-electron chi connectivity index (χ4n) is 2.18. The second-order valence-corrected chi connectivity index (χ2v) is 8.95. The van der Waals surface area contributed by atoms with Crippen molar-refractivity contribution in [2.45, 2.75) is 44.2 Å². The number of rotatable bonds is 9. The second-order valence-electron chi connectivity index (χ2n) is 4.63. The van der Waals surface area contributed by atoms with Gasteiger partial charge in [0.1, 0.15) is 4.90 Å². The van der Waals surface area contributed by atoms with Crippen molar-refractivity contribution in [3.05, 3.63) is 14.7 Å². The molecular formula is C13H23BrN2O3S2. The standard InChI is InChI=1S/C13H23BrN2O3S2/c1-4-10(5-2)16(6-7-19-3)21(17,18)12-8-11(9-15)20-13(12)14/h8,10H,4-7,9,15H2,1-3H3. The van der Waals surface area contributed by atoms with Crippen LogP contribution < -0.4 is 5.73 Å². The normalized spacial score (nSPS) is 12.5. The molecule has 0 fully saturated rings. The van der Waals surface area contributed by atoms with Crippen LogP contribution in [0.5, 0.6) is 0 Å². The van der Waals surface area contributed by atoms with E-state index in [2.05, 4.69) is 15.9 Å². The fourth-order valence-corrected chi connectivity index (χ4v) is 6.45. The molecule has 0 aliphatic heterocycles. The number of methoxy groups -OCH3 is 1. The highest BCUT2D eigenvalue weighted by Gasteiger charge is 2.32. The van der Waals surface area contributed by atoms with Crippen LogP contribution in [0, 0.1) is 0 Å². The average molecular weight is 399 g/mol. The minimum absolute atomic E-state index is 0.0294. The topological polar surface area (TPSA) is 72.6 Å². The minimum atomic E-state index is -3.56. The van der Waals surface area contributed by atoms with E-state index in [-0.39, 0.29) is 6.04 Å². The van der Waals surface area contributed by atoms with Crippen molar-refractivity contribution in [1.29, 1.82) is 0 Å². The Hall–Kier alpha value is 0.01000. The molecule has 1 heterocycles. The van der Waals surface area contributed by atoms with E-state index in [1.54, 1.807) is 17.5 Å². The molecular weight excluding hydrogens is 376 g/mol. The highest BCUT2D eigenvalue weighted by molar-refractivity contribution is 9.11. The summed E-state index contributed by atoms with van der Waals surface area (Å²) in [5.41, 5.74) is 5.60. The van der Waals surface area contributed by atoms with Gasteiger partial charge in [-0.1, -0.05) is 13.8 Å². The van der Waals surface area contributed by atoms with Gasteiger partial charge in [0.2, 0.25) is 10.0 Å². The maximum absolute atomic E-state index is 13.0. The molecule has 0 spiro atoms. The first-order chi connectivity index (χ1) is 9.92. The average Bonchev–Trinajstić information content (AvgIpc) is 2.85. The third-order valence-corrected chi connectivity index (χ3v) is 7.59. The maximum atomic E-state index is 13.0. The summed E-state index contributed by atoms with van der Waals surface area (Å²) < 4.78 is 33.1. The molecule has 0 saturated heterocycles. The molecule has 1 rings (SSSR count). The van der Waals surface area contributed by atoms with Gasteiger partial charge in [0.25, 0.3) is 0 Å². The molecule has 8 heteroatoms. The van der Waals surface area contributed by atoms with Gasteiger partial charge in [-0.3, -0.25) is 0 Å². The summed E-state index contributed by atoms with van der Waals surface area (Å²) in [4.78, 5) is 1.15. The summed E-state index contributed by atoms with van der Waals surface area (Å²) in [5, 5.41) is 0. The number of sulfonamides is 1. The molecule has 0 unspecified atom stereocenters. The van der Waals surface area contributed by atoms with Crippen LogP contribution in [0.15, 0.2) is 14.7 Å². The summed E-state index contributed by atoms with van der Waals surface area (Å²) in [7, 11) is -1.98. The number of thiophene rings is 1. The van der Waals surface area contributed by atoms with E-state index < -0.39 is 10.0 Å². The van der Waals surface area contributed by atoms with Gasteiger partial charge in [-0.15, -0.1) is 11.3 Å². The number of nitrogens with zero attached hydrogens (tertiary/aromatic N) is 1. The SMILES string of the molecule is CCC(CC)N(CCOC)S(=O)(=O)c1cc(CN)sc1Br. The van der Waals surface area contributed by atoms with Gasteiger partial charge >= 0.3 is 0 Å². The minimum Gasteiger partial charge on any atom is -0.383 e. The molecule has 1 aromatic rings. The van der Waals surface area contributed by atoms with E-state index in [0.717, 1.165) is 17.7 Å². The van der Waals surface area contributed by atoms with Gasteiger partial charge in [-0.2, -0.15) is 4.31 Å². The Bertz CT molecular complexity index is 542. The molecule has 0 saturated carbocycles. The first kappa shape index (κ1) is 19.1. The van der Waals surface area contributed by atoms with Gasteiger partial charge in [0, 0.05) is 31.1 Å². The van der Waals surface area contributed by atoms with Crippen molar-refractivity contribution in [3.8, 4) is 0 Å². The van der Waals surface area contributed by atoms with Crippen molar-refractivity contribution >= 4 is 37.3 Å². The molecule has 122 valence electrons. The summed E-state index contributed by atoms with van der Waals surface area (Å²) in [6.45, 7) is 5.06. The lowest BCUT2D eigenvalue weighted by Crippen LogP contribution is -2.41. The number of nitrogens with two attached hydrogens (primary N) is 1. The molecule has 0 aromatic carbocycles. The monoisotopic (exact) mass is 398 g/mol. The molecule has 0 amide bonds. The second kappa shape index (κ2) is 8.59. The van der Waals surface area contributed by atoms with Crippen LogP contribution >= 0.6 is 27.3 Å². The number of hydrogen-bond acceptors (Lipinski definition) is 5. The van der Waals surface area contributed by atoms with Crippen LogP contribution in [0.1, 0.15) is 31.6 Å². The summed E-state index contributed by atoms with van der Waals surface area (Å²) in [6.07, 6.45) is 1.54. The fraction of sp³-hybridized carbons (Fsp3) is 0.692. The zero-order chi connectivity index (χ0) is 16.0. The van der Waals surface area contributed by atoms with E-state index in [9.17, 15) is 8.42 Å². The Labute approximate surface area is 139 Å². The van der Waals surface area contributed by atoms with E-state index in [0.29, 0.717) is 28.4 Å². The van der Waals surface area contributed by atoms with Crippen LogP contribution in [0.3, 0.4) is 0 Å². The van der Waals surface area contributed by atoms with Crippen molar-refractivity contribution in [3.63, 3.8) is 0 Å². The van der Waals surface area contributed by atoms with Crippen molar-refractivity contribution in [2.75, 3.05) is 20.3 Å². The summed E-state index contributed by atoms with van der Waals surface area (Å²) >= 11 is 4.71. The first-order valence-corrected chi connectivity index (χ1v) is 9.96. The smallest absolute Gasteiger partial charge is 0.245 e. The van der Waals surface area contributed by atoms with Gasteiger partial charge in [0.15, 0.2) is 0 Å². The Kier molecular flexibility index (Phi) is 7.80. The van der Waals surface area contributed by atoms with Gasteiger partial charge in [0.05, 0.1) is 10.4 Å². The Morgan fingerprint density at radius 2 is 2.05 bits per heavy atom. The van der Waals surface area contributed by atoms with E-state index >= 15 is 0 Å². The highest BCUT2D eigenvalue weighted by Crippen LogP contribution is 2.34. The zero-order valence-electron chi connectivity index (χ0n) is 12.6. The lowest BCUT2D eigenvalue weighted by Gasteiger charge is -2.29. The molecule has 0 aliphatic rings. The van der Waals surface area contributed by atoms with Crippen LogP contribution in [0.2, 0.25) is 0 Å². The van der Waals surface area contributed by atoms with Gasteiger partial charge in [-0.25, -0.2) is 8.42 Å². The third-order valence-electron chi connectivity index (χ3n) is 3.36. The Morgan fingerprint density at radius 3 is 2.48 bits per heavy atom. The Morgan fingerprint density at radius 1 is 1.43 bits per heavy atom. The lowest BCUT2D eigenvalue weighted by atomic mass is 10.2. The summed E-state index contributed by atoms with van der Waals surface area (Å²) in [6, 6.07) is 1.63. The quantitative estimate of drug-likeness (QED) is 0.693. The van der Waals surface area contributed by atoms with E-state index in [4.69, 9.17) is 10.5 Å². The van der Waals surface area contributed by atoms with Gasteiger partial charge < -0.3 is 10.5 Å². The molecule has 2 N–H and O–H groups in total. The van der Waals surface area contributed by atoms with Crippen molar-refractivity contribution in [1.82, 2.24) is 4.31 Å². The van der Waals surface area contributed by atoms with E-state index in [1.807, 2.05) is 13.8 Å². The molecule has 1 aromatic heterocycles. The third kappa shape index (κ3) is 4.49. The predicted molar refractivity (Wildman–Crippen MR) is 90.0 cm³/mol. The zero-order valence-corrected chi connectivity index (χ0v) is 15.9. The predicted octanol–water partition coefficient (Wildman–Crippen LogP) is 2.80. The molecule has 0 atom stereocenters. The molecule has 0 radical (unpaired) electrons. The van der Waals surface area contributed by atoms with E-state index in [1.165, 1.54) is 11.3 Å². The maximum Gasteiger partial charge on any atom is 0.245 e. The largest absolute Gasteiger partial charge is 0.383 e. The van der Waals surface area contributed by atoms with Crippen LogP contribution in [-0.4, -0.2) is 39.0 Å². The Balaban J connectivity index is 3.21. The highest BCUT2D eigenvalue weighted by atomic mass is 79.9. The van der Waals surface area contributed by atoms with Crippen LogP contribution in [-0.2, 0) is 21.3 Å². The number of halogens is 1. The van der Waals surface area contributed by atoms with Gasteiger partial charge in [-0.05, 0) is 34.8 Å². The van der Waals surface area contributed by atoms with Crippen LogP contribution in [0.25, 0.3) is 0 Å². The molecule has 0 bridgehead atoms. The van der Waals surface area contributed by atoms with Crippen molar-refractivity contribution < 1.29 is 13.2 Å². The number of ether oxygens (including phenoxy) is 1. The molecule has 21 heavy (non-hydrogen) atoms. The first-order valence-electron chi connectivity index (χ1n) is 6.91.